The topological polar surface area (TPSA) is 70.6 Å². The molecule has 0 spiro atoms. The van der Waals surface area contributed by atoms with E-state index in [-0.39, 0.29) is 17.3 Å². The van der Waals surface area contributed by atoms with Gasteiger partial charge in [0.2, 0.25) is 15.9 Å². The van der Waals surface area contributed by atoms with Gasteiger partial charge in [-0.25, -0.2) is 12.8 Å². The zero-order chi connectivity index (χ0) is 19.2. The number of sulfonamides is 1. The highest BCUT2D eigenvalue weighted by Crippen LogP contribution is 2.30. The van der Waals surface area contributed by atoms with Crippen LogP contribution in [-0.4, -0.2) is 41.1 Å². The molecular weight excluding hydrogens is 369 g/mol. The van der Waals surface area contributed by atoms with Crippen molar-refractivity contribution in [2.24, 2.45) is 0 Å². The Morgan fingerprint density at radius 2 is 1.89 bits per heavy atom. The molecule has 0 N–H and O–H groups in total. The predicted molar refractivity (Wildman–Crippen MR) is 96.5 cm³/mol. The number of nitrogens with zero attached hydrogens (tertiary/aromatic N) is 3. The number of amides is 1. The number of fused-ring (bicyclic) bond motifs is 1. The van der Waals surface area contributed by atoms with Crippen molar-refractivity contribution >= 4 is 15.9 Å². The fraction of sp³-hybridized carbons (Fsp3) is 0.368. The zero-order valence-corrected chi connectivity index (χ0v) is 15.7. The SMILES string of the molecule is Cc1cc2c(cn1)CN(C(=O)C1CCCN1S(=O)(=O)c1ccc(F)cc1)C2. The smallest absolute Gasteiger partial charge is 0.243 e. The first kappa shape index (κ1) is 18.1. The summed E-state index contributed by atoms with van der Waals surface area (Å²) >= 11 is 0. The van der Waals surface area contributed by atoms with Gasteiger partial charge in [-0.05, 0) is 61.2 Å². The molecule has 27 heavy (non-hydrogen) atoms. The molecule has 1 atom stereocenters. The average molecular weight is 389 g/mol. The number of carbonyl (C=O) groups excluding carboxylic acids is 1. The second-order valence-corrected chi connectivity index (χ2v) is 8.91. The van der Waals surface area contributed by atoms with Crippen molar-refractivity contribution in [3.05, 3.63) is 59.2 Å². The quantitative estimate of drug-likeness (QED) is 0.807. The van der Waals surface area contributed by atoms with Crippen molar-refractivity contribution in [1.29, 1.82) is 0 Å². The Bertz CT molecular complexity index is 992. The Labute approximate surface area is 157 Å². The molecule has 0 aliphatic carbocycles. The number of hydrogen-bond acceptors (Lipinski definition) is 4. The zero-order valence-electron chi connectivity index (χ0n) is 14.9. The molecule has 1 aromatic heterocycles. The lowest BCUT2D eigenvalue weighted by molar-refractivity contribution is -0.135. The maximum Gasteiger partial charge on any atom is 0.243 e. The Hall–Kier alpha value is -2.32. The number of halogens is 1. The molecule has 6 nitrogen and oxygen atoms in total. The molecule has 0 radical (unpaired) electrons. The van der Waals surface area contributed by atoms with Crippen LogP contribution >= 0.6 is 0 Å². The van der Waals surface area contributed by atoms with Gasteiger partial charge in [0.25, 0.3) is 0 Å². The first-order valence-corrected chi connectivity index (χ1v) is 10.3. The van der Waals surface area contributed by atoms with Gasteiger partial charge in [0.15, 0.2) is 0 Å². The van der Waals surface area contributed by atoms with E-state index in [2.05, 4.69) is 4.98 Å². The number of aryl methyl sites for hydroxylation is 1. The summed E-state index contributed by atoms with van der Waals surface area (Å²) in [6, 6.07) is 5.96. The van der Waals surface area contributed by atoms with Crippen LogP contribution in [0.1, 0.15) is 29.7 Å². The van der Waals surface area contributed by atoms with Gasteiger partial charge in [-0.2, -0.15) is 4.31 Å². The maximum absolute atomic E-state index is 13.1. The van der Waals surface area contributed by atoms with E-state index in [1.54, 1.807) is 11.1 Å². The Balaban J connectivity index is 1.57. The third-order valence-corrected chi connectivity index (χ3v) is 7.09. The van der Waals surface area contributed by atoms with Crippen molar-refractivity contribution in [3.63, 3.8) is 0 Å². The number of benzene rings is 1. The summed E-state index contributed by atoms with van der Waals surface area (Å²) in [5, 5.41) is 0. The number of carbonyl (C=O) groups is 1. The summed E-state index contributed by atoms with van der Waals surface area (Å²) in [6.07, 6.45) is 2.89. The minimum absolute atomic E-state index is 0.00753. The van der Waals surface area contributed by atoms with E-state index >= 15 is 0 Å². The minimum Gasteiger partial charge on any atom is -0.333 e. The highest BCUT2D eigenvalue weighted by atomic mass is 32.2. The Morgan fingerprint density at radius 3 is 2.63 bits per heavy atom. The summed E-state index contributed by atoms with van der Waals surface area (Å²) in [5.74, 6) is -0.686. The van der Waals surface area contributed by atoms with Crippen molar-refractivity contribution in [2.45, 2.75) is 43.8 Å². The molecule has 8 heteroatoms. The summed E-state index contributed by atoms with van der Waals surface area (Å²) in [4.78, 5) is 19.0. The van der Waals surface area contributed by atoms with Crippen LogP contribution in [-0.2, 0) is 27.9 Å². The molecule has 2 aliphatic rings. The van der Waals surface area contributed by atoms with Gasteiger partial charge in [-0.15, -0.1) is 0 Å². The number of pyridine rings is 1. The van der Waals surface area contributed by atoms with Crippen LogP contribution in [0.5, 0.6) is 0 Å². The standard InChI is InChI=1S/C19H20FN3O3S/c1-13-9-14-11-22(12-15(14)10-21-13)19(24)18-3-2-8-23(18)27(25,26)17-6-4-16(20)5-7-17/h4-7,9-10,18H,2-3,8,11-12H2,1H3. The Morgan fingerprint density at radius 1 is 1.19 bits per heavy atom. The Kier molecular flexibility index (Phi) is 4.47. The number of aromatic nitrogens is 1. The molecule has 4 rings (SSSR count). The second-order valence-electron chi connectivity index (χ2n) is 7.02. The largest absolute Gasteiger partial charge is 0.333 e. The minimum atomic E-state index is -3.85. The monoisotopic (exact) mass is 389 g/mol. The van der Waals surface area contributed by atoms with Crippen molar-refractivity contribution in [3.8, 4) is 0 Å². The van der Waals surface area contributed by atoms with Gasteiger partial charge >= 0.3 is 0 Å². The van der Waals surface area contributed by atoms with E-state index in [0.717, 1.165) is 29.0 Å². The highest BCUT2D eigenvalue weighted by Gasteiger charge is 2.42. The molecule has 1 aromatic carbocycles. The van der Waals surface area contributed by atoms with Crippen LogP contribution in [0.4, 0.5) is 4.39 Å². The third kappa shape index (κ3) is 3.23. The van der Waals surface area contributed by atoms with E-state index in [4.69, 9.17) is 0 Å². The molecule has 0 saturated carbocycles. The molecule has 2 aromatic rings. The van der Waals surface area contributed by atoms with Gasteiger partial charge in [-0.1, -0.05) is 0 Å². The maximum atomic E-state index is 13.1. The molecule has 1 amide bonds. The van der Waals surface area contributed by atoms with Gasteiger partial charge < -0.3 is 4.90 Å². The summed E-state index contributed by atoms with van der Waals surface area (Å²) in [7, 11) is -3.85. The van der Waals surface area contributed by atoms with Crippen LogP contribution in [0.2, 0.25) is 0 Å². The molecule has 3 heterocycles. The number of hydrogen-bond donors (Lipinski definition) is 0. The predicted octanol–water partition coefficient (Wildman–Crippen LogP) is 2.22. The van der Waals surface area contributed by atoms with Crippen molar-refractivity contribution in [2.75, 3.05) is 6.54 Å². The normalized spacial score (nSPS) is 20.1. The lowest BCUT2D eigenvalue weighted by Crippen LogP contribution is -2.46. The van der Waals surface area contributed by atoms with Gasteiger partial charge in [0.05, 0.1) is 4.90 Å². The van der Waals surface area contributed by atoms with E-state index < -0.39 is 21.9 Å². The van der Waals surface area contributed by atoms with Crippen LogP contribution in [0, 0.1) is 12.7 Å². The molecule has 0 bridgehead atoms. The third-order valence-electron chi connectivity index (χ3n) is 5.16. The van der Waals surface area contributed by atoms with Crippen LogP contribution < -0.4 is 0 Å². The first-order chi connectivity index (χ1) is 12.9. The molecule has 1 unspecified atom stereocenters. The van der Waals surface area contributed by atoms with E-state index in [0.29, 0.717) is 25.9 Å². The second kappa shape index (κ2) is 6.69. The summed E-state index contributed by atoms with van der Waals surface area (Å²) < 4.78 is 40.3. The van der Waals surface area contributed by atoms with E-state index in [1.807, 2.05) is 13.0 Å². The summed E-state index contributed by atoms with van der Waals surface area (Å²) in [5.41, 5.74) is 2.95. The van der Waals surface area contributed by atoms with Crippen molar-refractivity contribution in [1.82, 2.24) is 14.2 Å². The van der Waals surface area contributed by atoms with Crippen LogP contribution in [0.25, 0.3) is 0 Å². The summed E-state index contributed by atoms with van der Waals surface area (Å²) in [6.45, 7) is 3.11. The van der Waals surface area contributed by atoms with Crippen LogP contribution in [0.3, 0.4) is 0 Å². The molecule has 1 saturated heterocycles. The van der Waals surface area contributed by atoms with E-state index in [1.165, 1.54) is 16.4 Å². The molecular formula is C19H20FN3O3S. The first-order valence-electron chi connectivity index (χ1n) is 8.87. The molecule has 2 aliphatic heterocycles. The van der Waals surface area contributed by atoms with E-state index in [9.17, 15) is 17.6 Å². The lowest BCUT2D eigenvalue weighted by Gasteiger charge is -2.27. The van der Waals surface area contributed by atoms with Crippen LogP contribution in [0.15, 0.2) is 41.4 Å². The van der Waals surface area contributed by atoms with Gasteiger partial charge in [0, 0.05) is 31.5 Å². The highest BCUT2D eigenvalue weighted by molar-refractivity contribution is 7.89. The number of rotatable bonds is 3. The fourth-order valence-electron chi connectivity index (χ4n) is 3.78. The fourth-order valence-corrected chi connectivity index (χ4v) is 5.44. The van der Waals surface area contributed by atoms with Gasteiger partial charge in [-0.3, -0.25) is 9.78 Å². The average Bonchev–Trinajstić information content (AvgIpc) is 3.28. The lowest BCUT2D eigenvalue weighted by atomic mass is 10.2. The van der Waals surface area contributed by atoms with Crippen molar-refractivity contribution < 1.29 is 17.6 Å². The van der Waals surface area contributed by atoms with Gasteiger partial charge in [0.1, 0.15) is 11.9 Å². The molecule has 1 fully saturated rings. The molecule has 142 valence electrons.